The molecule has 1 N–H and O–H groups in total. The number of rotatable bonds is 5. The number of anilines is 1. The third-order valence-corrected chi connectivity index (χ3v) is 5.55. The average Bonchev–Trinajstić information content (AvgIpc) is 2.66. The Morgan fingerprint density at radius 1 is 1.21 bits per heavy atom. The van der Waals surface area contributed by atoms with E-state index < -0.39 is 0 Å². The standard InChI is InChI=1S/C24H28ClN3O/c1-6-11-28-22-13-21(25)19(12-20(22)17(3)14-24(28,4)5)15-26-27-23(29)18-9-7-16(2)8-10-18/h7-10,12-15H,6,11H2,1-5H3,(H,27,29)/b26-15-. The zero-order valence-corrected chi connectivity index (χ0v) is 18.5. The Balaban J connectivity index is 1.85. The maximum Gasteiger partial charge on any atom is 0.271 e. The van der Waals surface area contributed by atoms with Crippen molar-refractivity contribution in [2.75, 3.05) is 11.4 Å². The van der Waals surface area contributed by atoms with Crippen LogP contribution in [-0.4, -0.2) is 24.2 Å². The first-order valence-corrected chi connectivity index (χ1v) is 10.3. The Morgan fingerprint density at radius 2 is 1.90 bits per heavy atom. The van der Waals surface area contributed by atoms with Gasteiger partial charge in [-0.25, -0.2) is 5.43 Å². The van der Waals surface area contributed by atoms with Crippen LogP contribution in [0.5, 0.6) is 0 Å². The maximum absolute atomic E-state index is 12.2. The number of nitrogens with one attached hydrogen (secondary N) is 1. The van der Waals surface area contributed by atoms with E-state index in [-0.39, 0.29) is 11.4 Å². The van der Waals surface area contributed by atoms with Crippen LogP contribution in [0.25, 0.3) is 5.57 Å². The van der Waals surface area contributed by atoms with E-state index >= 15 is 0 Å². The quantitative estimate of drug-likeness (QED) is 0.499. The SMILES string of the molecule is CCCN1c2cc(Cl)c(/C=N\NC(=O)c3ccc(C)cc3)cc2C(C)=CC1(C)C. The number of hydrogen-bond acceptors (Lipinski definition) is 3. The summed E-state index contributed by atoms with van der Waals surface area (Å²) in [5.74, 6) is -0.248. The molecule has 0 atom stereocenters. The molecule has 0 unspecified atom stereocenters. The third kappa shape index (κ3) is 4.54. The molecule has 1 aliphatic heterocycles. The van der Waals surface area contributed by atoms with E-state index in [1.807, 2.05) is 31.2 Å². The predicted octanol–water partition coefficient (Wildman–Crippen LogP) is 5.82. The van der Waals surface area contributed by atoms with Gasteiger partial charge in [-0.1, -0.05) is 42.3 Å². The molecule has 152 valence electrons. The van der Waals surface area contributed by atoms with Crippen LogP contribution in [0.1, 0.15) is 61.2 Å². The molecule has 0 saturated heterocycles. The highest BCUT2D eigenvalue weighted by molar-refractivity contribution is 6.33. The van der Waals surface area contributed by atoms with Crippen molar-refractivity contribution >= 4 is 35.0 Å². The number of fused-ring (bicyclic) bond motifs is 1. The van der Waals surface area contributed by atoms with Gasteiger partial charge >= 0.3 is 0 Å². The van der Waals surface area contributed by atoms with Gasteiger partial charge in [-0.3, -0.25) is 4.79 Å². The molecule has 1 aliphatic rings. The number of benzene rings is 2. The van der Waals surface area contributed by atoms with E-state index in [0.29, 0.717) is 10.6 Å². The van der Waals surface area contributed by atoms with Crippen LogP contribution in [0, 0.1) is 6.92 Å². The summed E-state index contributed by atoms with van der Waals surface area (Å²) in [6.07, 6.45) is 4.95. The molecule has 0 aromatic heterocycles. The summed E-state index contributed by atoms with van der Waals surface area (Å²) in [7, 11) is 0. The molecule has 0 fully saturated rings. The fraction of sp³-hybridized carbons (Fsp3) is 0.333. The number of hydrazone groups is 1. The Labute approximate surface area is 178 Å². The number of nitrogens with zero attached hydrogens (tertiary/aromatic N) is 2. The van der Waals surface area contributed by atoms with Crippen molar-refractivity contribution < 1.29 is 4.79 Å². The molecule has 2 aromatic rings. The van der Waals surface area contributed by atoms with Gasteiger partial charge < -0.3 is 4.90 Å². The van der Waals surface area contributed by atoms with E-state index in [1.165, 1.54) is 5.57 Å². The van der Waals surface area contributed by atoms with Crippen molar-refractivity contribution in [3.05, 3.63) is 69.8 Å². The van der Waals surface area contributed by atoms with Gasteiger partial charge in [-0.05, 0) is 64.0 Å². The number of amides is 1. The molecular formula is C24H28ClN3O. The highest BCUT2D eigenvalue weighted by atomic mass is 35.5. The fourth-order valence-corrected chi connectivity index (χ4v) is 3.98. The average molecular weight is 410 g/mol. The van der Waals surface area contributed by atoms with Crippen molar-refractivity contribution in [3.63, 3.8) is 0 Å². The second kappa shape index (κ2) is 8.42. The summed E-state index contributed by atoms with van der Waals surface area (Å²) in [6.45, 7) is 11.7. The van der Waals surface area contributed by atoms with Gasteiger partial charge in [-0.15, -0.1) is 0 Å². The molecule has 29 heavy (non-hydrogen) atoms. The summed E-state index contributed by atoms with van der Waals surface area (Å²) in [5, 5.41) is 4.73. The van der Waals surface area contributed by atoms with Gasteiger partial charge in [-0.2, -0.15) is 5.10 Å². The first-order chi connectivity index (χ1) is 13.7. The van der Waals surface area contributed by atoms with Crippen molar-refractivity contribution in [2.24, 2.45) is 5.10 Å². The Kier molecular flexibility index (Phi) is 6.13. The lowest BCUT2D eigenvalue weighted by Crippen LogP contribution is -2.45. The van der Waals surface area contributed by atoms with Crippen LogP contribution in [0.3, 0.4) is 0 Å². The number of aryl methyl sites for hydroxylation is 1. The van der Waals surface area contributed by atoms with E-state index in [4.69, 9.17) is 11.6 Å². The maximum atomic E-state index is 12.2. The minimum Gasteiger partial charge on any atom is -0.362 e. The molecule has 3 rings (SSSR count). The summed E-state index contributed by atoms with van der Waals surface area (Å²) in [5.41, 5.74) is 8.47. The lowest BCUT2D eigenvalue weighted by atomic mass is 9.88. The minimum absolute atomic E-state index is 0.0615. The Hall–Kier alpha value is -2.59. The van der Waals surface area contributed by atoms with Crippen LogP contribution >= 0.6 is 11.6 Å². The van der Waals surface area contributed by atoms with Crippen molar-refractivity contribution in [2.45, 2.75) is 46.6 Å². The zero-order valence-electron chi connectivity index (χ0n) is 17.7. The van der Waals surface area contributed by atoms with E-state index in [2.05, 4.69) is 49.2 Å². The highest BCUT2D eigenvalue weighted by Gasteiger charge is 2.31. The summed E-state index contributed by atoms with van der Waals surface area (Å²) < 4.78 is 0. The fourth-order valence-electron chi connectivity index (χ4n) is 3.78. The van der Waals surface area contributed by atoms with Crippen molar-refractivity contribution in [3.8, 4) is 0 Å². The van der Waals surface area contributed by atoms with Gasteiger partial charge in [0.2, 0.25) is 0 Å². The van der Waals surface area contributed by atoms with E-state index in [9.17, 15) is 4.79 Å². The molecule has 1 amide bonds. The monoisotopic (exact) mass is 409 g/mol. The van der Waals surface area contributed by atoms with E-state index in [1.54, 1.807) is 18.3 Å². The number of carbonyl (C=O) groups excluding carboxylic acids is 1. The van der Waals surface area contributed by atoms with Crippen LogP contribution in [0.15, 0.2) is 47.6 Å². The number of halogens is 1. The Morgan fingerprint density at radius 3 is 2.55 bits per heavy atom. The van der Waals surface area contributed by atoms with Crippen molar-refractivity contribution in [1.82, 2.24) is 5.43 Å². The normalized spacial score (nSPS) is 15.2. The van der Waals surface area contributed by atoms with Crippen LogP contribution < -0.4 is 10.3 Å². The lowest BCUT2D eigenvalue weighted by molar-refractivity contribution is 0.0955. The van der Waals surface area contributed by atoms with Crippen LogP contribution in [-0.2, 0) is 0 Å². The summed E-state index contributed by atoms with van der Waals surface area (Å²) in [4.78, 5) is 14.6. The van der Waals surface area contributed by atoms with Gasteiger partial charge in [0.1, 0.15) is 0 Å². The zero-order chi connectivity index (χ0) is 21.2. The van der Waals surface area contributed by atoms with Gasteiger partial charge in [0.05, 0.1) is 16.8 Å². The molecule has 0 spiro atoms. The largest absolute Gasteiger partial charge is 0.362 e. The molecule has 2 aromatic carbocycles. The van der Waals surface area contributed by atoms with Gasteiger partial charge in [0, 0.05) is 28.9 Å². The first kappa shape index (κ1) is 21.1. The van der Waals surface area contributed by atoms with Crippen LogP contribution in [0.2, 0.25) is 5.02 Å². The molecule has 0 bridgehead atoms. The first-order valence-electron chi connectivity index (χ1n) is 9.94. The molecule has 0 aliphatic carbocycles. The number of allylic oxidation sites excluding steroid dienone is 1. The summed E-state index contributed by atoms with van der Waals surface area (Å²) >= 11 is 6.57. The van der Waals surface area contributed by atoms with Crippen LogP contribution in [0.4, 0.5) is 5.69 Å². The smallest absolute Gasteiger partial charge is 0.271 e. The predicted molar refractivity (Wildman–Crippen MR) is 123 cm³/mol. The third-order valence-electron chi connectivity index (χ3n) is 5.23. The number of hydrogen-bond donors (Lipinski definition) is 1. The molecule has 5 heteroatoms. The molecule has 0 saturated carbocycles. The minimum atomic E-state index is -0.248. The second-order valence-electron chi connectivity index (χ2n) is 8.09. The van der Waals surface area contributed by atoms with Crippen molar-refractivity contribution in [1.29, 1.82) is 0 Å². The van der Waals surface area contributed by atoms with Gasteiger partial charge in [0.25, 0.3) is 5.91 Å². The lowest BCUT2D eigenvalue weighted by Gasteiger charge is -2.43. The second-order valence-corrected chi connectivity index (χ2v) is 8.50. The Bertz CT molecular complexity index is 974. The molecular weight excluding hydrogens is 382 g/mol. The molecule has 1 heterocycles. The molecule has 0 radical (unpaired) electrons. The number of carbonyl (C=O) groups is 1. The summed E-state index contributed by atoms with van der Waals surface area (Å²) in [6, 6.07) is 11.4. The topological polar surface area (TPSA) is 44.7 Å². The molecule has 4 nitrogen and oxygen atoms in total. The highest BCUT2D eigenvalue weighted by Crippen LogP contribution is 2.41. The van der Waals surface area contributed by atoms with E-state index in [0.717, 1.165) is 35.3 Å². The van der Waals surface area contributed by atoms with Gasteiger partial charge in [0.15, 0.2) is 0 Å².